The summed E-state index contributed by atoms with van der Waals surface area (Å²) in [5.74, 6) is 0.515. The van der Waals surface area contributed by atoms with Crippen LogP contribution in [0.1, 0.15) is 50.5 Å². The van der Waals surface area contributed by atoms with Crippen LogP contribution in [0.3, 0.4) is 0 Å². The fraction of sp³-hybridized carbons (Fsp3) is 0.632. The highest BCUT2D eigenvalue weighted by Gasteiger charge is 2.27. The number of carbonyl (C=O) groups is 1. The number of carbonyl (C=O) groups excluding carboxylic acids is 1. The van der Waals surface area contributed by atoms with Crippen LogP contribution in [0.2, 0.25) is 0 Å². The molecule has 7 heteroatoms. The lowest BCUT2D eigenvalue weighted by Gasteiger charge is -2.22. The molecular weight excluding hydrogens is 368 g/mol. The number of sulfonamides is 1. The number of hydrogen-bond acceptors (Lipinski definition) is 4. The molecule has 5 nitrogen and oxygen atoms in total. The Bertz CT molecular complexity index is 667. The lowest BCUT2D eigenvalue weighted by atomic mass is 10.1. The average Bonchev–Trinajstić information content (AvgIpc) is 2.87. The molecular formula is C19H30N2O3S2. The maximum absolute atomic E-state index is 12.7. The van der Waals surface area contributed by atoms with Gasteiger partial charge < -0.3 is 5.32 Å². The Morgan fingerprint density at radius 2 is 1.77 bits per heavy atom. The molecule has 0 aromatic heterocycles. The van der Waals surface area contributed by atoms with E-state index >= 15 is 0 Å². The fourth-order valence-electron chi connectivity index (χ4n) is 3.18. The quantitative estimate of drug-likeness (QED) is 0.659. The molecule has 1 atom stereocenters. The van der Waals surface area contributed by atoms with Crippen molar-refractivity contribution < 1.29 is 13.2 Å². The number of rotatable bonds is 8. The first-order valence-corrected chi connectivity index (χ1v) is 12.2. The van der Waals surface area contributed by atoms with Crippen molar-refractivity contribution in [1.29, 1.82) is 0 Å². The Hall–Kier alpha value is -1.05. The normalized spacial score (nSPS) is 17.5. The van der Waals surface area contributed by atoms with Crippen LogP contribution in [0, 0.1) is 6.92 Å². The summed E-state index contributed by atoms with van der Waals surface area (Å²) in [6.07, 6.45) is 9.05. The largest absolute Gasteiger partial charge is 0.352 e. The predicted octanol–water partition coefficient (Wildman–Crippen LogP) is 3.23. The van der Waals surface area contributed by atoms with Crippen LogP contribution in [-0.4, -0.2) is 38.4 Å². The van der Waals surface area contributed by atoms with Gasteiger partial charge in [-0.05, 0) is 50.3 Å². The molecule has 1 aromatic carbocycles. The minimum Gasteiger partial charge on any atom is -0.352 e. The van der Waals surface area contributed by atoms with Gasteiger partial charge in [0, 0.05) is 6.04 Å². The van der Waals surface area contributed by atoms with Gasteiger partial charge in [0.15, 0.2) is 0 Å². The second kappa shape index (κ2) is 10.3. The Balaban J connectivity index is 2.07. The highest BCUT2D eigenvalue weighted by molar-refractivity contribution is 7.98. The van der Waals surface area contributed by atoms with Gasteiger partial charge in [-0.1, -0.05) is 43.4 Å². The summed E-state index contributed by atoms with van der Waals surface area (Å²) in [7, 11) is -3.72. The first kappa shape index (κ1) is 21.3. The zero-order chi connectivity index (χ0) is 19.0. The summed E-state index contributed by atoms with van der Waals surface area (Å²) in [5, 5.41) is 3.08. The highest BCUT2D eigenvalue weighted by Crippen LogP contribution is 2.18. The zero-order valence-electron chi connectivity index (χ0n) is 15.7. The summed E-state index contributed by atoms with van der Waals surface area (Å²) in [4.78, 5) is 12.9. The van der Waals surface area contributed by atoms with Crippen LogP contribution < -0.4 is 10.0 Å². The van der Waals surface area contributed by atoms with Gasteiger partial charge in [0.2, 0.25) is 15.9 Å². The molecule has 0 bridgehead atoms. The number of aryl methyl sites for hydroxylation is 1. The fourth-order valence-corrected chi connectivity index (χ4v) is 4.88. The van der Waals surface area contributed by atoms with E-state index in [9.17, 15) is 13.2 Å². The molecule has 1 amide bonds. The van der Waals surface area contributed by atoms with Crippen molar-refractivity contribution >= 4 is 27.7 Å². The van der Waals surface area contributed by atoms with E-state index in [0.717, 1.165) is 37.0 Å². The van der Waals surface area contributed by atoms with E-state index in [1.165, 1.54) is 12.8 Å². The van der Waals surface area contributed by atoms with Crippen LogP contribution in [-0.2, 0) is 14.8 Å². The van der Waals surface area contributed by atoms with Gasteiger partial charge in [-0.3, -0.25) is 4.79 Å². The van der Waals surface area contributed by atoms with E-state index in [1.807, 2.05) is 13.2 Å². The van der Waals surface area contributed by atoms with Crippen molar-refractivity contribution in [2.24, 2.45) is 0 Å². The molecule has 0 radical (unpaired) electrons. The van der Waals surface area contributed by atoms with Crippen LogP contribution in [0.4, 0.5) is 0 Å². The third-order valence-electron chi connectivity index (χ3n) is 4.76. The molecule has 0 saturated heterocycles. The third-order valence-corrected chi connectivity index (χ3v) is 6.89. The van der Waals surface area contributed by atoms with Crippen molar-refractivity contribution in [1.82, 2.24) is 10.0 Å². The van der Waals surface area contributed by atoms with Crippen molar-refractivity contribution in [2.45, 2.75) is 68.8 Å². The summed E-state index contributed by atoms with van der Waals surface area (Å²) in [6, 6.07) is 6.09. The zero-order valence-corrected chi connectivity index (χ0v) is 17.3. The monoisotopic (exact) mass is 398 g/mol. The average molecular weight is 399 g/mol. The van der Waals surface area contributed by atoms with Crippen LogP contribution in [0.15, 0.2) is 29.2 Å². The van der Waals surface area contributed by atoms with Crippen molar-refractivity contribution in [3.63, 3.8) is 0 Å². The number of amides is 1. The highest BCUT2D eigenvalue weighted by atomic mass is 32.2. The molecule has 0 aliphatic heterocycles. The molecule has 0 heterocycles. The topological polar surface area (TPSA) is 75.3 Å². The van der Waals surface area contributed by atoms with E-state index in [4.69, 9.17) is 0 Å². The molecule has 1 fully saturated rings. The van der Waals surface area contributed by atoms with Crippen LogP contribution in [0.25, 0.3) is 0 Å². The smallest absolute Gasteiger partial charge is 0.241 e. The van der Waals surface area contributed by atoms with Gasteiger partial charge in [-0.15, -0.1) is 0 Å². The van der Waals surface area contributed by atoms with Crippen molar-refractivity contribution in [2.75, 3.05) is 12.0 Å². The Kier molecular flexibility index (Phi) is 8.44. The van der Waals surface area contributed by atoms with Crippen LogP contribution >= 0.6 is 11.8 Å². The molecule has 1 unspecified atom stereocenters. The van der Waals surface area contributed by atoms with Crippen molar-refractivity contribution in [3.05, 3.63) is 29.8 Å². The molecule has 1 saturated carbocycles. The number of hydrogen-bond donors (Lipinski definition) is 2. The van der Waals surface area contributed by atoms with E-state index in [0.29, 0.717) is 6.42 Å². The van der Waals surface area contributed by atoms with Gasteiger partial charge >= 0.3 is 0 Å². The molecule has 1 aromatic rings. The molecule has 146 valence electrons. The molecule has 1 aliphatic carbocycles. The predicted molar refractivity (Wildman–Crippen MR) is 108 cm³/mol. The lowest BCUT2D eigenvalue weighted by Crippen LogP contribution is -2.49. The summed E-state index contributed by atoms with van der Waals surface area (Å²) in [5.41, 5.74) is 0.994. The van der Waals surface area contributed by atoms with Gasteiger partial charge in [0.25, 0.3) is 0 Å². The number of thioether (sulfide) groups is 1. The minimum atomic E-state index is -3.72. The molecule has 1 aliphatic rings. The van der Waals surface area contributed by atoms with E-state index in [2.05, 4.69) is 10.0 Å². The maximum atomic E-state index is 12.7. The van der Waals surface area contributed by atoms with Gasteiger partial charge in [-0.25, -0.2) is 8.42 Å². The SMILES string of the molecule is CSCCC(NS(=O)(=O)c1ccc(C)cc1)C(=O)NC1CCCCCC1. The van der Waals surface area contributed by atoms with Gasteiger partial charge in [-0.2, -0.15) is 16.5 Å². The molecule has 26 heavy (non-hydrogen) atoms. The lowest BCUT2D eigenvalue weighted by molar-refractivity contribution is -0.123. The minimum absolute atomic E-state index is 0.158. The second-order valence-corrected chi connectivity index (χ2v) is 9.67. The van der Waals surface area contributed by atoms with E-state index in [1.54, 1.807) is 36.0 Å². The van der Waals surface area contributed by atoms with Gasteiger partial charge in [0.05, 0.1) is 4.90 Å². The van der Waals surface area contributed by atoms with Crippen LogP contribution in [0.5, 0.6) is 0 Å². The van der Waals surface area contributed by atoms with E-state index in [-0.39, 0.29) is 16.8 Å². The first-order chi connectivity index (χ1) is 12.4. The van der Waals surface area contributed by atoms with Crippen molar-refractivity contribution in [3.8, 4) is 0 Å². The number of benzene rings is 1. The summed E-state index contributed by atoms with van der Waals surface area (Å²) >= 11 is 1.61. The Morgan fingerprint density at radius 1 is 1.15 bits per heavy atom. The van der Waals surface area contributed by atoms with Gasteiger partial charge in [0.1, 0.15) is 6.04 Å². The number of nitrogens with one attached hydrogen (secondary N) is 2. The maximum Gasteiger partial charge on any atom is 0.241 e. The standard InChI is InChI=1S/C19H30N2O3S2/c1-15-9-11-17(12-10-15)26(23,24)21-18(13-14-25-2)19(22)20-16-7-5-3-4-6-8-16/h9-12,16,18,21H,3-8,13-14H2,1-2H3,(H,20,22). The van der Waals surface area contributed by atoms with E-state index < -0.39 is 16.1 Å². The Morgan fingerprint density at radius 3 is 2.35 bits per heavy atom. The first-order valence-electron chi connectivity index (χ1n) is 9.30. The Labute approximate surface area is 161 Å². The summed E-state index contributed by atoms with van der Waals surface area (Å²) in [6.45, 7) is 1.91. The molecule has 2 N–H and O–H groups in total. The summed E-state index contributed by atoms with van der Waals surface area (Å²) < 4.78 is 28.0. The molecule has 0 spiro atoms. The third kappa shape index (κ3) is 6.59. The molecule has 2 rings (SSSR count). The second-order valence-electron chi connectivity index (χ2n) is 6.97.